The van der Waals surface area contributed by atoms with Gasteiger partial charge in [0, 0.05) is 33.4 Å². The van der Waals surface area contributed by atoms with Crippen LogP contribution in [-0.4, -0.2) is 55.2 Å². The topological polar surface area (TPSA) is 77.5 Å². The second-order valence-electron chi connectivity index (χ2n) is 7.93. The summed E-state index contributed by atoms with van der Waals surface area (Å²) in [4.78, 5) is 14.0. The smallest absolute Gasteiger partial charge is 0.223 e. The summed E-state index contributed by atoms with van der Waals surface area (Å²) in [5.74, 6) is -0.561. The Hall–Kier alpha value is -2.97. The van der Waals surface area contributed by atoms with Crippen molar-refractivity contribution in [1.29, 1.82) is 0 Å². The SMILES string of the molecule is CCOC1(OC)C=CC(N(CC(O)c2ccc(OCc3ccccc3)cc2)C(C)=O)=CC1OC. The highest BCUT2D eigenvalue weighted by Crippen LogP contribution is 2.31. The molecule has 1 aliphatic rings. The van der Waals surface area contributed by atoms with E-state index in [4.69, 9.17) is 18.9 Å². The largest absolute Gasteiger partial charge is 0.489 e. The van der Waals surface area contributed by atoms with Crippen molar-refractivity contribution in [3.63, 3.8) is 0 Å². The summed E-state index contributed by atoms with van der Waals surface area (Å²) in [5.41, 5.74) is 2.37. The minimum atomic E-state index is -1.07. The summed E-state index contributed by atoms with van der Waals surface area (Å²) in [7, 11) is 3.10. The van der Waals surface area contributed by atoms with Crippen molar-refractivity contribution in [3.8, 4) is 5.75 Å². The first-order valence-corrected chi connectivity index (χ1v) is 11.3. The molecule has 2 aromatic rings. The predicted molar refractivity (Wildman–Crippen MR) is 129 cm³/mol. The molecule has 3 atom stereocenters. The van der Waals surface area contributed by atoms with E-state index in [1.807, 2.05) is 49.4 Å². The Labute approximate surface area is 201 Å². The molecule has 1 aliphatic carbocycles. The van der Waals surface area contributed by atoms with Gasteiger partial charge in [-0.2, -0.15) is 0 Å². The lowest BCUT2D eigenvalue weighted by molar-refractivity contribution is -0.233. The van der Waals surface area contributed by atoms with Crippen molar-refractivity contribution in [3.05, 3.63) is 89.6 Å². The van der Waals surface area contributed by atoms with Crippen LogP contribution < -0.4 is 4.74 Å². The Morgan fingerprint density at radius 1 is 1.12 bits per heavy atom. The second kappa shape index (κ2) is 11.9. The first kappa shape index (κ1) is 25.6. The molecule has 182 valence electrons. The van der Waals surface area contributed by atoms with E-state index in [0.29, 0.717) is 30.2 Å². The summed E-state index contributed by atoms with van der Waals surface area (Å²) >= 11 is 0. The Balaban J connectivity index is 1.68. The molecule has 1 amide bonds. The molecule has 0 radical (unpaired) electrons. The number of aliphatic hydroxyl groups excluding tert-OH is 1. The van der Waals surface area contributed by atoms with Gasteiger partial charge in [0.25, 0.3) is 0 Å². The van der Waals surface area contributed by atoms with Crippen LogP contribution in [-0.2, 0) is 25.6 Å². The lowest BCUT2D eigenvalue weighted by Gasteiger charge is -2.38. The molecule has 0 heterocycles. The zero-order chi connectivity index (χ0) is 24.6. The first-order valence-electron chi connectivity index (χ1n) is 11.3. The standard InChI is InChI=1S/C27H33NO6/c1-5-34-27(32-4)16-15-23(17-26(27)31-3)28(20(2)29)18-25(30)22-11-13-24(14-12-22)33-19-21-9-7-6-8-10-21/h6-17,25-26,30H,5,18-19H2,1-4H3. The van der Waals surface area contributed by atoms with Crippen LogP contribution in [0, 0.1) is 0 Å². The monoisotopic (exact) mass is 467 g/mol. The zero-order valence-corrected chi connectivity index (χ0v) is 20.1. The molecule has 0 saturated heterocycles. The minimum absolute atomic E-state index is 0.0841. The third-order valence-corrected chi connectivity index (χ3v) is 5.71. The van der Waals surface area contributed by atoms with Gasteiger partial charge in [-0.1, -0.05) is 42.5 Å². The Bertz CT molecular complexity index is 988. The second-order valence-corrected chi connectivity index (χ2v) is 7.93. The third kappa shape index (κ3) is 6.12. The van der Waals surface area contributed by atoms with Gasteiger partial charge in [0.1, 0.15) is 18.5 Å². The molecule has 0 aromatic heterocycles. The quantitative estimate of drug-likeness (QED) is 0.504. The average Bonchev–Trinajstić information content (AvgIpc) is 2.87. The number of nitrogens with zero attached hydrogens (tertiary/aromatic N) is 1. The fraction of sp³-hybridized carbons (Fsp3) is 0.370. The number of rotatable bonds is 11. The number of hydrogen-bond acceptors (Lipinski definition) is 6. The van der Waals surface area contributed by atoms with Gasteiger partial charge < -0.3 is 29.0 Å². The predicted octanol–water partition coefficient (Wildman–Crippen LogP) is 4.00. The number of methoxy groups -OCH3 is 2. The summed E-state index contributed by atoms with van der Waals surface area (Å²) in [5, 5.41) is 10.9. The number of allylic oxidation sites excluding steroid dienone is 1. The van der Waals surface area contributed by atoms with Gasteiger partial charge >= 0.3 is 0 Å². The van der Waals surface area contributed by atoms with E-state index in [1.165, 1.54) is 11.8 Å². The Morgan fingerprint density at radius 2 is 1.82 bits per heavy atom. The molecule has 0 fully saturated rings. The zero-order valence-electron chi connectivity index (χ0n) is 20.1. The van der Waals surface area contributed by atoms with E-state index in [1.54, 1.807) is 44.6 Å². The van der Waals surface area contributed by atoms with Gasteiger partial charge in [0.15, 0.2) is 0 Å². The molecule has 2 aromatic carbocycles. The van der Waals surface area contributed by atoms with E-state index < -0.39 is 18.0 Å². The number of aliphatic hydroxyl groups is 1. The van der Waals surface area contributed by atoms with Crippen LogP contribution in [0.5, 0.6) is 5.75 Å². The molecule has 1 N–H and O–H groups in total. The van der Waals surface area contributed by atoms with Crippen LogP contribution in [0.1, 0.15) is 31.1 Å². The summed E-state index contributed by atoms with van der Waals surface area (Å²) < 4.78 is 22.7. The summed E-state index contributed by atoms with van der Waals surface area (Å²) in [6.45, 7) is 4.32. The van der Waals surface area contributed by atoms with Crippen molar-refractivity contribution >= 4 is 5.91 Å². The molecule has 0 saturated carbocycles. The Kier molecular flexibility index (Phi) is 9.01. The lowest BCUT2D eigenvalue weighted by Crippen LogP contribution is -2.48. The maximum Gasteiger partial charge on any atom is 0.223 e. The number of carbonyl (C=O) groups excluding carboxylic acids is 1. The van der Waals surface area contributed by atoms with Gasteiger partial charge in [0.05, 0.1) is 12.6 Å². The number of ether oxygens (including phenoxy) is 4. The maximum absolute atomic E-state index is 12.5. The number of benzene rings is 2. The van der Waals surface area contributed by atoms with Crippen LogP contribution in [0.3, 0.4) is 0 Å². The van der Waals surface area contributed by atoms with Crippen LogP contribution >= 0.6 is 0 Å². The van der Waals surface area contributed by atoms with Crippen LogP contribution in [0.25, 0.3) is 0 Å². The van der Waals surface area contributed by atoms with E-state index in [-0.39, 0.29) is 12.5 Å². The molecular weight excluding hydrogens is 434 g/mol. The number of carbonyl (C=O) groups is 1. The van der Waals surface area contributed by atoms with Gasteiger partial charge in [0.2, 0.25) is 11.7 Å². The molecule has 7 heteroatoms. The van der Waals surface area contributed by atoms with E-state index in [9.17, 15) is 9.90 Å². The fourth-order valence-corrected chi connectivity index (χ4v) is 3.86. The Morgan fingerprint density at radius 3 is 2.41 bits per heavy atom. The van der Waals surface area contributed by atoms with Crippen molar-refractivity contribution in [2.24, 2.45) is 0 Å². The number of amides is 1. The van der Waals surface area contributed by atoms with Gasteiger partial charge in [-0.15, -0.1) is 0 Å². The van der Waals surface area contributed by atoms with E-state index in [2.05, 4.69) is 0 Å². The van der Waals surface area contributed by atoms with Crippen molar-refractivity contribution in [1.82, 2.24) is 4.90 Å². The van der Waals surface area contributed by atoms with Crippen LogP contribution in [0.15, 0.2) is 78.5 Å². The van der Waals surface area contributed by atoms with Crippen LogP contribution in [0.2, 0.25) is 0 Å². The highest BCUT2D eigenvalue weighted by Gasteiger charge is 2.40. The molecule has 34 heavy (non-hydrogen) atoms. The minimum Gasteiger partial charge on any atom is -0.489 e. The molecule has 3 rings (SSSR count). The molecule has 7 nitrogen and oxygen atoms in total. The van der Waals surface area contributed by atoms with Crippen LogP contribution in [0.4, 0.5) is 0 Å². The average molecular weight is 468 g/mol. The van der Waals surface area contributed by atoms with E-state index >= 15 is 0 Å². The normalized spacial score (nSPS) is 20.5. The number of hydrogen-bond donors (Lipinski definition) is 1. The molecular formula is C27H33NO6. The molecule has 0 spiro atoms. The van der Waals surface area contributed by atoms with Crippen molar-refractivity contribution in [2.75, 3.05) is 27.4 Å². The highest BCUT2D eigenvalue weighted by molar-refractivity contribution is 5.76. The maximum atomic E-state index is 12.5. The highest BCUT2D eigenvalue weighted by atomic mass is 16.7. The summed E-state index contributed by atoms with van der Waals surface area (Å²) in [6.07, 6.45) is 3.82. The molecule has 0 aliphatic heterocycles. The fourth-order valence-electron chi connectivity index (χ4n) is 3.86. The molecule has 0 bridgehead atoms. The first-order chi connectivity index (χ1) is 16.4. The van der Waals surface area contributed by atoms with Crippen molar-refractivity contribution in [2.45, 2.75) is 38.4 Å². The van der Waals surface area contributed by atoms with Crippen molar-refractivity contribution < 1.29 is 28.8 Å². The third-order valence-electron chi connectivity index (χ3n) is 5.71. The van der Waals surface area contributed by atoms with Gasteiger partial charge in [-0.3, -0.25) is 4.79 Å². The summed E-state index contributed by atoms with van der Waals surface area (Å²) in [6, 6.07) is 17.1. The van der Waals surface area contributed by atoms with Gasteiger partial charge in [-0.25, -0.2) is 0 Å². The van der Waals surface area contributed by atoms with E-state index in [0.717, 1.165) is 5.56 Å². The van der Waals surface area contributed by atoms with Gasteiger partial charge in [-0.05, 0) is 48.4 Å². The lowest BCUT2D eigenvalue weighted by atomic mass is 10.0. The molecule has 3 unspecified atom stereocenters.